The Bertz CT molecular complexity index is 1330. The van der Waals surface area contributed by atoms with E-state index in [1.807, 2.05) is 0 Å². The molecule has 4 aromatic rings. The van der Waals surface area contributed by atoms with E-state index in [2.05, 4.69) is 20.3 Å². The minimum Gasteiger partial charge on any atom is -0.420 e. The second kappa shape index (κ2) is 7.61. The Morgan fingerprint density at radius 1 is 1.06 bits per heavy atom. The Hall–Kier alpha value is -3.43. The van der Waals surface area contributed by atoms with Crippen LogP contribution in [0.5, 0.6) is 0 Å². The summed E-state index contributed by atoms with van der Waals surface area (Å²) in [7, 11) is 0. The van der Waals surface area contributed by atoms with E-state index < -0.39 is 17.4 Å². The molecule has 1 fully saturated rings. The number of hydrogen-bond donors (Lipinski definition) is 1. The number of fused-ring (bicyclic) bond motifs is 1. The lowest BCUT2D eigenvalue weighted by molar-refractivity contribution is -0.140. The quantitative estimate of drug-likeness (QED) is 0.475. The summed E-state index contributed by atoms with van der Waals surface area (Å²) in [6, 6.07) is 8.05. The number of alkyl halides is 3. The zero-order valence-corrected chi connectivity index (χ0v) is 17.2. The van der Waals surface area contributed by atoms with Crippen molar-refractivity contribution in [1.82, 2.24) is 24.8 Å². The number of aromatic nitrogens is 5. The molecule has 0 atom stereocenters. The number of aryl methyl sites for hydroxylation is 1. The molecule has 1 aromatic carbocycles. The number of halogens is 3. The van der Waals surface area contributed by atoms with E-state index in [-0.39, 0.29) is 34.3 Å². The summed E-state index contributed by atoms with van der Waals surface area (Å²) in [5.41, 5.74) is -1.54. The van der Waals surface area contributed by atoms with Gasteiger partial charge in [0.05, 0.1) is 11.3 Å². The van der Waals surface area contributed by atoms with E-state index in [1.54, 1.807) is 37.3 Å². The van der Waals surface area contributed by atoms with Crippen molar-refractivity contribution in [3.8, 4) is 22.6 Å². The van der Waals surface area contributed by atoms with Gasteiger partial charge in [-0.1, -0.05) is 49.6 Å². The van der Waals surface area contributed by atoms with E-state index in [0.717, 1.165) is 36.6 Å². The normalized spacial score (nSPS) is 15.5. The summed E-state index contributed by atoms with van der Waals surface area (Å²) in [5.74, 6) is 0.562. The molecule has 32 heavy (non-hydrogen) atoms. The molecule has 166 valence electrons. The first kappa shape index (κ1) is 20.5. The van der Waals surface area contributed by atoms with Crippen LogP contribution in [0.3, 0.4) is 0 Å². The Balaban J connectivity index is 1.69. The first-order valence-corrected chi connectivity index (χ1v) is 10.5. The summed E-state index contributed by atoms with van der Waals surface area (Å²) in [5, 5.41) is 10.3. The van der Waals surface area contributed by atoms with Crippen LogP contribution < -0.4 is 5.56 Å². The molecule has 3 heterocycles. The average Bonchev–Trinajstić information content (AvgIpc) is 3.40. The fourth-order valence-corrected chi connectivity index (χ4v) is 4.36. The van der Waals surface area contributed by atoms with Crippen molar-refractivity contribution in [1.29, 1.82) is 0 Å². The van der Waals surface area contributed by atoms with Gasteiger partial charge in [-0.2, -0.15) is 17.7 Å². The molecule has 0 bridgehead atoms. The lowest BCUT2D eigenvalue weighted by Crippen LogP contribution is -2.20. The maximum absolute atomic E-state index is 13.8. The van der Waals surface area contributed by atoms with Crippen LogP contribution in [-0.4, -0.2) is 24.8 Å². The van der Waals surface area contributed by atoms with Crippen molar-refractivity contribution in [2.45, 2.75) is 51.1 Å². The third kappa shape index (κ3) is 3.39. The van der Waals surface area contributed by atoms with Gasteiger partial charge >= 0.3 is 6.18 Å². The van der Waals surface area contributed by atoms with Crippen LogP contribution >= 0.6 is 0 Å². The monoisotopic (exact) mass is 443 g/mol. The van der Waals surface area contributed by atoms with Crippen molar-refractivity contribution in [2.75, 3.05) is 0 Å². The zero-order valence-electron chi connectivity index (χ0n) is 17.2. The van der Waals surface area contributed by atoms with E-state index in [0.29, 0.717) is 11.5 Å². The Kier molecular flexibility index (Phi) is 4.87. The van der Waals surface area contributed by atoms with Gasteiger partial charge < -0.3 is 4.42 Å². The molecular formula is C22H20F3N5O2. The summed E-state index contributed by atoms with van der Waals surface area (Å²) in [6.45, 7) is 1.55. The van der Waals surface area contributed by atoms with Gasteiger partial charge in [0.25, 0.3) is 11.4 Å². The third-order valence-electron chi connectivity index (χ3n) is 5.92. The molecule has 0 amide bonds. The molecule has 1 aliphatic rings. The molecule has 5 rings (SSSR count). The fourth-order valence-electron chi connectivity index (χ4n) is 4.36. The van der Waals surface area contributed by atoms with Gasteiger partial charge in [-0.15, -0.1) is 10.2 Å². The molecule has 7 nitrogen and oxygen atoms in total. The predicted octanol–water partition coefficient (Wildman–Crippen LogP) is 5.11. The van der Waals surface area contributed by atoms with Gasteiger partial charge in [-0.3, -0.25) is 9.89 Å². The molecule has 1 aliphatic carbocycles. The van der Waals surface area contributed by atoms with Crippen LogP contribution in [0.2, 0.25) is 0 Å². The molecular weight excluding hydrogens is 423 g/mol. The highest BCUT2D eigenvalue weighted by molar-refractivity contribution is 5.81. The number of aromatic amines is 1. The molecule has 0 spiro atoms. The van der Waals surface area contributed by atoms with E-state index in [4.69, 9.17) is 4.42 Å². The van der Waals surface area contributed by atoms with Gasteiger partial charge in [0.2, 0.25) is 5.89 Å². The molecule has 0 unspecified atom stereocenters. The van der Waals surface area contributed by atoms with Crippen LogP contribution in [0.4, 0.5) is 13.2 Å². The Labute approximate surface area is 180 Å². The molecule has 3 aromatic heterocycles. The second-order valence-electron chi connectivity index (χ2n) is 8.04. The lowest BCUT2D eigenvalue weighted by atomic mass is 9.89. The van der Waals surface area contributed by atoms with E-state index >= 15 is 0 Å². The molecule has 1 saturated carbocycles. The highest BCUT2D eigenvalue weighted by atomic mass is 19.4. The summed E-state index contributed by atoms with van der Waals surface area (Å²) in [4.78, 5) is 17.6. The van der Waals surface area contributed by atoms with Gasteiger partial charge in [0, 0.05) is 5.92 Å². The summed E-state index contributed by atoms with van der Waals surface area (Å²) in [6.07, 6.45) is 0.464. The van der Waals surface area contributed by atoms with E-state index in [9.17, 15) is 18.0 Å². The summed E-state index contributed by atoms with van der Waals surface area (Å²) < 4.78 is 48.1. The van der Waals surface area contributed by atoms with Crippen LogP contribution in [-0.2, 0) is 6.18 Å². The van der Waals surface area contributed by atoms with Crippen molar-refractivity contribution >= 4 is 5.65 Å². The first-order valence-electron chi connectivity index (χ1n) is 10.5. The van der Waals surface area contributed by atoms with Crippen LogP contribution in [0.25, 0.3) is 28.2 Å². The second-order valence-corrected chi connectivity index (χ2v) is 8.04. The molecule has 0 saturated heterocycles. The SMILES string of the molecule is Cc1nc2c(-c3ccccc3)c(C(F)(F)F)[nH]n2c(=O)c1-c1nnc(C2CCCCC2)o1. The number of nitrogens with one attached hydrogen (secondary N) is 1. The number of nitrogens with zero attached hydrogens (tertiary/aromatic N) is 4. The topological polar surface area (TPSA) is 89.1 Å². The van der Waals surface area contributed by atoms with Crippen molar-refractivity contribution in [2.24, 2.45) is 0 Å². The molecule has 0 radical (unpaired) electrons. The van der Waals surface area contributed by atoms with Gasteiger partial charge in [-0.25, -0.2) is 4.98 Å². The maximum Gasteiger partial charge on any atom is 0.433 e. The summed E-state index contributed by atoms with van der Waals surface area (Å²) >= 11 is 0. The third-order valence-corrected chi connectivity index (χ3v) is 5.92. The van der Waals surface area contributed by atoms with Gasteiger partial charge in [-0.05, 0) is 25.3 Å². The molecule has 0 aliphatic heterocycles. The van der Waals surface area contributed by atoms with E-state index in [1.165, 1.54) is 0 Å². The molecule has 1 N–H and O–H groups in total. The van der Waals surface area contributed by atoms with Crippen LogP contribution in [0, 0.1) is 6.92 Å². The van der Waals surface area contributed by atoms with Crippen molar-refractivity contribution < 1.29 is 17.6 Å². The highest BCUT2D eigenvalue weighted by Crippen LogP contribution is 2.38. The van der Waals surface area contributed by atoms with Crippen molar-refractivity contribution in [3.05, 3.63) is 58.0 Å². The van der Waals surface area contributed by atoms with Crippen LogP contribution in [0.1, 0.15) is 55.3 Å². The van der Waals surface area contributed by atoms with Crippen LogP contribution in [0.15, 0.2) is 39.5 Å². The van der Waals surface area contributed by atoms with Gasteiger partial charge in [0.15, 0.2) is 5.65 Å². The number of rotatable bonds is 3. The lowest BCUT2D eigenvalue weighted by Gasteiger charge is -2.17. The minimum atomic E-state index is -4.71. The Morgan fingerprint density at radius 2 is 1.78 bits per heavy atom. The fraction of sp³-hybridized carbons (Fsp3) is 0.364. The number of H-pyrrole nitrogens is 1. The zero-order chi connectivity index (χ0) is 22.5. The smallest absolute Gasteiger partial charge is 0.420 e. The number of benzene rings is 1. The minimum absolute atomic E-state index is 0.00774. The predicted molar refractivity (Wildman–Crippen MR) is 110 cm³/mol. The Morgan fingerprint density at radius 3 is 2.47 bits per heavy atom. The van der Waals surface area contributed by atoms with Gasteiger partial charge in [0.1, 0.15) is 11.3 Å². The standard InChI is InChI=1S/C22H20F3N5O2/c1-12-15(20-28-27-19(32-20)14-10-6-3-7-11-14)21(31)30-18(26-12)16(13-8-4-2-5-9-13)17(29-30)22(23,24)25/h2,4-5,8-9,14,29H,3,6-7,10-11H2,1H3. The number of hydrogen-bond acceptors (Lipinski definition) is 5. The maximum atomic E-state index is 13.8. The first-order chi connectivity index (χ1) is 15.3. The molecule has 10 heteroatoms. The van der Waals surface area contributed by atoms with Crippen molar-refractivity contribution in [3.63, 3.8) is 0 Å². The average molecular weight is 443 g/mol. The largest absolute Gasteiger partial charge is 0.433 e. The highest BCUT2D eigenvalue weighted by Gasteiger charge is 2.38.